The van der Waals surface area contributed by atoms with Crippen LogP contribution >= 0.6 is 23.6 Å². The molecule has 2 heterocycles. The van der Waals surface area contributed by atoms with Crippen LogP contribution in [0, 0.1) is 11.7 Å². The molecule has 0 spiro atoms. The standard InChI is InChI=1S/C8H7N3S2/c1-5-10-4-7(13-5)6-2-3-9-8(12)11-6/h2-4H,1H3,(H,9,11,12). The van der Waals surface area contributed by atoms with E-state index in [1.807, 2.05) is 19.2 Å². The zero-order chi connectivity index (χ0) is 9.26. The van der Waals surface area contributed by atoms with Crippen LogP contribution in [0.4, 0.5) is 0 Å². The molecular weight excluding hydrogens is 202 g/mol. The third-order valence-corrected chi connectivity index (χ3v) is 2.71. The van der Waals surface area contributed by atoms with Crippen molar-refractivity contribution in [1.82, 2.24) is 15.0 Å². The van der Waals surface area contributed by atoms with E-state index in [9.17, 15) is 0 Å². The maximum atomic E-state index is 4.92. The van der Waals surface area contributed by atoms with Crippen LogP contribution in [0.1, 0.15) is 5.01 Å². The summed E-state index contributed by atoms with van der Waals surface area (Å²) in [6, 6.07) is 1.89. The minimum Gasteiger partial charge on any atom is -0.330 e. The number of nitrogens with zero attached hydrogens (tertiary/aromatic N) is 2. The van der Waals surface area contributed by atoms with Crippen LogP contribution in [-0.2, 0) is 0 Å². The van der Waals surface area contributed by atoms with Gasteiger partial charge in [-0.1, -0.05) is 0 Å². The molecule has 0 aliphatic heterocycles. The molecule has 0 aliphatic carbocycles. The Morgan fingerprint density at radius 3 is 2.92 bits per heavy atom. The van der Waals surface area contributed by atoms with Crippen LogP contribution in [0.15, 0.2) is 18.5 Å². The number of hydrogen-bond donors (Lipinski definition) is 1. The second-order valence-electron chi connectivity index (χ2n) is 2.53. The first-order chi connectivity index (χ1) is 6.25. The van der Waals surface area contributed by atoms with E-state index in [0.29, 0.717) is 4.77 Å². The van der Waals surface area contributed by atoms with Gasteiger partial charge in [0.2, 0.25) is 0 Å². The highest BCUT2D eigenvalue weighted by molar-refractivity contribution is 7.71. The van der Waals surface area contributed by atoms with Crippen molar-refractivity contribution < 1.29 is 0 Å². The Labute approximate surface area is 84.5 Å². The summed E-state index contributed by atoms with van der Waals surface area (Å²) < 4.78 is 0.503. The van der Waals surface area contributed by atoms with Gasteiger partial charge in [-0.25, -0.2) is 9.97 Å². The Hall–Kier alpha value is -1.07. The first-order valence-electron chi connectivity index (χ1n) is 3.74. The maximum Gasteiger partial charge on any atom is 0.197 e. The van der Waals surface area contributed by atoms with Crippen LogP contribution < -0.4 is 0 Å². The molecule has 0 aromatic carbocycles. The van der Waals surface area contributed by atoms with Gasteiger partial charge in [0.25, 0.3) is 0 Å². The van der Waals surface area contributed by atoms with E-state index in [2.05, 4.69) is 15.0 Å². The van der Waals surface area contributed by atoms with Gasteiger partial charge in [0.1, 0.15) is 0 Å². The van der Waals surface area contributed by atoms with Gasteiger partial charge in [0.05, 0.1) is 15.6 Å². The Morgan fingerprint density at radius 1 is 1.46 bits per heavy atom. The number of aromatic nitrogens is 3. The summed E-state index contributed by atoms with van der Waals surface area (Å²) in [6.07, 6.45) is 3.53. The predicted molar refractivity (Wildman–Crippen MR) is 55.3 cm³/mol. The molecule has 0 fully saturated rings. The van der Waals surface area contributed by atoms with Crippen molar-refractivity contribution in [3.05, 3.63) is 28.2 Å². The molecule has 0 atom stereocenters. The summed E-state index contributed by atoms with van der Waals surface area (Å²) in [4.78, 5) is 12.2. The minimum absolute atomic E-state index is 0.503. The fourth-order valence-electron chi connectivity index (χ4n) is 0.998. The molecule has 2 rings (SSSR count). The van der Waals surface area contributed by atoms with E-state index >= 15 is 0 Å². The van der Waals surface area contributed by atoms with Crippen LogP contribution in [-0.4, -0.2) is 15.0 Å². The molecule has 0 amide bonds. The number of thiazole rings is 1. The molecular formula is C8H7N3S2. The SMILES string of the molecule is Cc1ncc(-c2ccnc(=S)[nH]2)s1. The van der Waals surface area contributed by atoms with Crippen molar-refractivity contribution in [3.63, 3.8) is 0 Å². The molecule has 3 nitrogen and oxygen atoms in total. The smallest absolute Gasteiger partial charge is 0.197 e. The van der Waals surface area contributed by atoms with Crippen molar-refractivity contribution >= 4 is 23.6 Å². The van der Waals surface area contributed by atoms with Gasteiger partial charge in [-0.2, -0.15) is 0 Å². The Kier molecular flexibility index (Phi) is 2.20. The first-order valence-corrected chi connectivity index (χ1v) is 4.96. The van der Waals surface area contributed by atoms with Gasteiger partial charge in [-0.15, -0.1) is 11.3 Å². The summed E-state index contributed by atoms with van der Waals surface area (Å²) in [7, 11) is 0. The zero-order valence-electron chi connectivity index (χ0n) is 6.94. The first kappa shape index (κ1) is 8.52. The summed E-state index contributed by atoms with van der Waals surface area (Å²) in [6.45, 7) is 1.98. The third-order valence-electron chi connectivity index (χ3n) is 1.56. The van der Waals surface area contributed by atoms with E-state index < -0.39 is 0 Å². The summed E-state index contributed by atoms with van der Waals surface area (Å²) in [5, 5.41) is 1.05. The Morgan fingerprint density at radius 2 is 2.31 bits per heavy atom. The molecule has 1 N–H and O–H groups in total. The van der Waals surface area contributed by atoms with Crippen LogP contribution in [0.5, 0.6) is 0 Å². The van der Waals surface area contributed by atoms with Crippen molar-refractivity contribution in [2.75, 3.05) is 0 Å². The fraction of sp³-hybridized carbons (Fsp3) is 0.125. The molecule has 0 radical (unpaired) electrons. The molecule has 0 bridgehead atoms. The van der Waals surface area contributed by atoms with E-state index in [0.717, 1.165) is 15.6 Å². The average Bonchev–Trinajstić information content (AvgIpc) is 2.52. The largest absolute Gasteiger partial charge is 0.330 e. The lowest BCUT2D eigenvalue weighted by Crippen LogP contribution is -1.82. The van der Waals surface area contributed by atoms with Gasteiger partial charge in [0, 0.05) is 12.4 Å². The normalized spacial score (nSPS) is 10.2. The lowest BCUT2D eigenvalue weighted by Gasteiger charge is -1.94. The number of aryl methyl sites for hydroxylation is 1. The molecule has 2 aromatic rings. The van der Waals surface area contributed by atoms with Crippen molar-refractivity contribution in [2.24, 2.45) is 0 Å². The van der Waals surface area contributed by atoms with Crippen molar-refractivity contribution in [3.8, 4) is 10.6 Å². The number of rotatable bonds is 1. The number of H-pyrrole nitrogens is 1. The van der Waals surface area contributed by atoms with E-state index in [-0.39, 0.29) is 0 Å². The molecule has 13 heavy (non-hydrogen) atoms. The van der Waals surface area contributed by atoms with Crippen molar-refractivity contribution in [2.45, 2.75) is 6.92 Å². The second-order valence-corrected chi connectivity index (χ2v) is 4.15. The molecule has 0 saturated heterocycles. The molecule has 0 aliphatic rings. The van der Waals surface area contributed by atoms with Crippen LogP contribution in [0.2, 0.25) is 0 Å². The Balaban J connectivity index is 2.52. The summed E-state index contributed by atoms with van der Waals surface area (Å²) in [5.74, 6) is 0. The van der Waals surface area contributed by atoms with E-state index in [1.165, 1.54) is 0 Å². The fourth-order valence-corrected chi connectivity index (χ4v) is 1.93. The van der Waals surface area contributed by atoms with Gasteiger partial charge < -0.3 is 4.98 Å². The lowest BCUT2D eigenvalue weighted by molar-refractivity contribution is 1.14. The quantitative estimate of drug-likeness (QED) is 0.734. The third kappa shape index (κ3) is 1.81. The summed E-state index contributed by atoms with van der Waals surface area (Å²) >= 11 is 6.56. The van der Waals surface area contributed by atoms with Gasteiger partial charge in [-0.3, -0.25) is 0 Å². The highest BCUT2D eigenvalue weighted by atomic mass is 32.1. The second kappa shape index (κ2) is 3.35. The molecule has 2 aromatic heterocycles. The number of nitrogens with one attached hydrogen (secondary N) is 1. The molecule has 5 heteroatoms. The zero-order valence-corrected chi connectivity index (χ0v) is 8.58. The van der Waals surface area contributed by atoms with E-state index in [1.54, 1.807) is 17.5 Å². The topological polar surface area (TPSA) is 41.6 Å². The van der Waals surface area contributed by atoms with Crippen LogP contribution in [0.25, 0.3) is 10.6 Å². The molecule has 0 saturated carbocycles. The van der Waals surface area contributed by atoms with Crippen molar-refractivity contribution in [1.29, 1.82) is 0 Å². The highest BCUT2D eigenvalue weighted by Crippen LogP contribution is 2.22. The lowest BCUT2D eigenvalue weighted by atomic mass is 10.4. The minimum atomic E-state index is 0.503. The van der Waals surface area contributed by atoms with Gasteiger partial charge in [0.15, 0.2) is 4.77 Å². The van der Waals surface area contributed by atoms with Gasteiger partial charge in [-0.05, 0) is 25.2 Å². The van der Waals surface area contributed by atoms with Crippen LogP contribution in [0.3, 0.4) is 0 Å². The monoisotopic (exact) mass is 209 g/mol. The Bertz CT molecular complexity index is 472. The predicted octanol–water partition coefficient (Wildman–Crippen LogP) is 2.57. The van der Waals surface area contributed by atoms with E-state index in [4.69, 9.17) is 12.2 Å². The number of aromatic amines is 1. The molecule has 0 unspecified atom stereocenters. The molecule has 66 valence electrons. The average molecular weight is 209 g/mol. The number of hydrogen-bond acceptors (Lipinski definition) is 4. The highest BCUT2D eigenvalue weighted by Gasteiger charge is 2.00. The maximum absolute atomic E-state index is 4.92. The van der Waals surface area contributed by atoms with Gasteiger partial charge >= 0.3 is 0 Å². The summed E-state index contributed by atoms with van der Waals surface area (Å²) in [5.41, 5.74) is 0.977.